The zero-order chi connectivity index (χ0) is 38.4. The number of rotatable bonds is 17. The van der Waals surface area contributed by atoms with Crippen LogP contribution < -0.4 is 0 Å². The predicted octanol–water partition coefficient (Wildman–Crippen LogP) is 5.58. The van der Waals surface area contributed by atoms with Crippen molar-refractivity contribution in [1.82, 2.24) is 14.8 Å². The zero-order valence-corrected chi connectivity index (χ0v) is 29.7. The first-order chi connectivity index (χ1) is 25.4. The molecule has 4 rings (SSSR count). The third-order valence-electron chi connectivity index (χ3n) is 7.80. The molecule has 53 heavy (non-hydrogen) atoms. The first kappa shape index (κ1) is 40.5. The molecule has 0 saturated carbocycles. The van der Waals surface area contributed by atoms with Crippen LogP contribution in [0.1, 0.15) is 43.4 Å². The molecule has 1 fully saturated rings. The van der Waals surface area contributed by atoms with Gasteiger partial charge in [-0.15, -0.1) is 11.8 Å². The van der Waals surface area contributed by atoms with Gasteiger partial charge in [0.05, 0.1) is 36.6 Å². The van der Waals surface area contributed by atoms with Crippen molar-refractivity contribution in [1.29, 1.82) is 5.26 Å². The van der Waals surface area contributed by atoms with E-state index in [1.807, 2.05) is 6.07 Å². The number of allylic oxidation sites excluding steroid dienone is 2. The van der Waals surface area contributed by atoms with E-state index >= 15 is 4.39 Å². The summed E-state index contributed by atoms with van der Waals surface area (Å²) >= 11 is 1.27. The summed E-state index contributed by atoms with van der Waals surface area (Å²) in [4.78, 5) is 41.7. The molecule has 2 heterocycles. The van der Waals surface area contributed by atoms with Crippen LogP contribution >= 0.6 is 11.8 Å². The molecule has 0 N–H and O–H groups in total. The van der Waals surface area contributed by atoms with E-state index in [0.29, 0.717) is 11.6 Å². The van der Waals surface area contributed by atoms with Crippen molar-refractivity contribution in [3.8, 4) is 6.07 Å². The molecule has 16 heteroatoms. The van der Waals surface area contributed by atoms with Crippen LogP contribution in [-0.2, 0) is 50.2 Å². The highest BCUT2D eigenvalue weighted by Crippen LogP contribution is 2.42. The topological polar surface area (TPSA) is 152 Å². The molecule has 1 unspecified atom stereocenters. The van der Waals surface area contributed by atoms with Crippen LogP contribution in [0.15, 0.2) is 79.9 Å². The lowest BCUT2D eigenvalue weighted by molar-refractivity contribution is -0.170. The molecule has 0 spiro atoms. The molecule has 1 aliphatic rings. The lowest BCUT2D eigenvalue weighted by Crippen LogP contribution is -2.47. The Balaban J connectivity index is 1.51. The summed E-state index contributed by atoms with van der Waals surface area (Å²) in [6.07, 6.45) is 7.40. The molecule has 0 bridgehead atoms. The van der Waals surface area contributed by atoms with Gasteiger partial charge in [0.1, 0.15) is 36.7 Å². The fourth-order valence-corrected chi connectivity index (χ4v) is 6.65. The largest absolute Gasteiger partial charge is 0.459 e. The average molecular weight is 755 g/mol. The number of halogens is 3. The minimum absolute atomic E-state index is 0.145. The number of ether oxygens (including phenoxy) is 5. The first-order valence-corrected chi connectivity index (χ1v) is 17.3. The maximum atomic E-state index is 15.7. The van der Waals surface area contributed by atoms with Gasteiger partial charge in [0.25, 0.3) is 0 Å². The van der Waals surface area contributed by atoms with E-state index in [9.17, 15) is 23.2 Å². The summed E-state index contributed by atoms with van der Waals surface area (Å²) in [7, 11) is 0. The van der Waals surface area contributed by atoms with E-state index < -0.39 is 65.0 Å². The average Bonchev–Trinajstić information content (AvgIpc) is 3.64. The SMILES string of the molecule is C=CCOC(=O)C(CCC(=O)O[C@@](Cn1cncn1)(c1ccc(F)cc1F)[C@@H](C)SC1COC(C=CC=Cc2ccc(C#N)cc2F)OC1)OC(C)=O. The quantitative estimate of drug-likeness (QED) is 0.0733. The molecule has 3 atom stereocenters. The Labute approximate surface area is 308 Å². The summed E-state index contributed by atoms with van der Waals surface area (Å²) in [5.41, 5.74) is -1.46. The lowest BCUT2D eigenvalue weighted by Gasteiger charge is -2.40. The highest BCUT2D eigenvalue weighted by atomic mass is 32.2. The highest BCUT2D eigenvalue weighted by Gasteiger charge is 2.47. The molecule has 12 nitrogen and oxygen atoms in total. The molecule has 1 aliphatic heterocycles. The number of carbonyl (C=O) groups is 3. The van der Waals surface area contributed by atoms with Gasteiger partial charge in [0.15, 0.2) is 18.0 Å². The fourth-order valence-electron chi connectivity index (χ4n) is 5.29. The summed E-state index contributed by atoms with van der Waals surface area (Å²) in [5.74, 6) is -4.91. The predicted molar refractivity (Wildman–Crippen MR) is 186 cm³/mol. The second-order valence-electron chi connectivity index (χ2n) is 11.7. The van der Waals surface area contributed by atoms with Crippen molar-refractivity contribution in [2.24, 2.45) is 0 Å². The lowest BCUT2D eigenvalue weighted by atomic mass is 9.89. The van der Waals surface area contributed by atoms with E-state index in [2.05, 4.69) is 16.7 Å². The Bertz CT molecular complexity index is 1840. The van der Waals surface area contributed by atoms with Crippen LogP contribution in [0.3, 0.4) is 0 Å². The number of thioether (sulfide) groups is 1. The molecule has 280 valence electrons. The van der Waals surface area contributed by atoms with Gasteiger partial charge in [-0.2, -0.15) is 10.4 Å². The van der Waals surface area contributed by atoms with Crippen molar-refractivity contribution < 1.29 is 51.2 Å². The molecular weight excluding hydrogens is 717 g/mol. The second-order valence-corrected chi connectivity index (χ2v) is 13.3. The van der Waals surface area contributed by atoms with Gasteiger partial charge in [-0.1, -0.05) is 36.9 Å². The molecule has 1 aromatic heterocycles. The summed E-state index contributed by atoms with van der Waals surface area (Å²) in [5, 5.41) is 11.9. The summed E-state index contributed by atoms with van der Waals surface area (Å²) in [6.45, 7) is 6.23. The monoisotopic (exact) mass is 754 g/mol. The standard InChI is InChI=1S/C37H37F3N4O8S/c1-4-15-48-36(47)33(51-25(3)45)13-14-34(46)52-37(21-44-23-42-22-43-44,30-12-11-28(38)17-32(30)40)24(2)53-29-19-49-35(50-20-29)8-6-5-7-27-10-9-26(18-41)16-31(27)39/h4-12,16-17,22-24,29,33,35H,1,13-15,19-21H2,2-3H3/t24-,29?,33?,35?,37-/m1/s1. The van der Waals surface area contributed by atoms with Crippen molar-refractivity contribution in [2.75, 3.05) is 19.8 Å². The van der Waals surface area contributed by atoms with E-state index in [4.69, 9.17) is 28.9 Å². The Morgan fingerprint density at radius 3 is 2.57 bits per heavy atom. The summed E-state index contributed by atoms with van der Waals surface area (Å²) in [6, 6.07) is 8.94. The van der Waals surface area contributed by atoms with Gasteiger partial charge in [0.2, 0.25) is 0 Å². The fraction of sp³-hybridized carbons (Fsp3) is 0.351. The third kappa shape index (κ3) is 11.6. The van der Waals surface area contributed by atoms with Gasteiger partial charge in [-0.3, -0.25) is 9.59 Å². The molecular formula is C37H37F3N4O8S. The Kier molecular flexibility index (Phi) is 15.0. The van der Waals surface area contributed by atoms with E-state index in [1.165, 1.54) is 59.4 Å². The number of esters is 3. The second kappa shape index (κ2) is 19.6. The van der Waals surface area contributed by atoms with Crippen molar-refractivity contribution in [2.45, 2.75) is 61.7 Å². The van der Waals surface area contributed by atoms with Gasteiger partial charge in [-0.05, 0) is 37.3 Å². The van der Waals surface area contributed by atoms with Crippen LogP contribution in [0.2, 0.25) is 0 Å². The first-order valence-electron chi connectivity index (χ1n) is 16.3. The van der Waals surface area contributed by atoms with Gasteiger partial charge >= 0.3 is 17.9 Å². The van der Waals surface area contributed by atoms with Crippen molar-refractivity contribution >= 4 is 35.7 Å². The minimum Gasteiger partial charge on any atom is -0.459 e. The van der Waals surface area contributed by atoms with Crippen LogP contribution in [-0.4, -0.2) is 75.4 Å². The van der Waals surface area contributed by atoms with Crippen LogP contribution in [0, 0.1) is 28.8 Å². The zero-order valence-electron chi connectivity index (χ0n) is 28.9. The minimum atomic E-state index is -1.82. The number of hydrogen-bond donors (Lipinski definition) is 0. The third-order valence-corrected chi connectivity index (χ3v) is 9.25. The van der Waals surface area contributed by atoms with E-state index in [0.717, 1.165) is 19.1 Å². The molecule has 2 aromatic carbocycles. The molecule has 1 saturated heterocycles. The Hall–Kier alpha value is -5.24. The molecule has 0 aliphatic carbocycles. The highest BCUT2D eigenvalue weighted by molar-refractivity contribution is 8.00. The number of aromatic nitrogens is 3. The van der Waals surface area contributed by atoms with Crippen molar-refractivity contribution in [3.05, 3.63) is 114 Å². The Morgan fingerprint density at radius 1 is 1.15 bits per heavy atom. The van der Waals surface area contributed by atoms with Gasteiger partial charge in [-0.25, -0.2) is 27.6 Å². The maximum absolute atomic E-state index is 15.7. The van der Waals surface area contributed by atoms with Crippen molar-refractivity contribution in [3.63, 3.8) is 0 Å². The normalized spacial score (nSPS) is 18.1. The Morgan fingerprint density at radius 2 is 1.92 bits per heavy atom. The maximum Gasteiger partial charge on any atom is 0.347 e. The number of nitrogens with zero attached hydrogens (tertiary/aromatic N) is 4. The molecule has 0 radical (unpaired) electrons. The van der Waals surface area contributed by atoms with E-state index in [-0.39, 0.29) is 49.2 Å². The van der Waals surface area contributed by atoms with Gasteiger partial charge < -0.3 is 23.7 Å². The van der Waals surface area contributed by atoms with E-state index in [1.54, 1.807) is 25.2 Å². The summed E-state index contributed by atoms with van der Waals surface area (Å²) < 4.78 is 73.3. The smallest absolute Gasteiger partial charge is 0.347 e. The van der Waals surface area contributed by atoms with Gasteiger partial charge in [0, 0.05) is 42.2 Å². The molecule has 0 amide bonds. The number of nitriles is 1. The number of benzene rings is 2. The molecule has 3 aromatic rings. The van der Waals surface area contributed by atoms with Crippen LogP contribution in [0.25, 0.3) is 6.08 Å². The number of carbonyl (C=O) groups excluding carboxylic acids is 3. The van der Waals surface area contributed by atoms with Crippen LogP contribution in [0.5, 0.6) is 0 Å². The van der Waals surface area contributed by atoms with Crippen LogP contribution in [0.4, 0.5) is 13.2 Å². The number of hydrogen-bond acceptors (Lipinski definition) is 12.